The lowest BCUT2D eigenvalue weighted by Gasteiger charge is -2.26. The highest BCUT2D eigenvalue weighted by molar-refractivity contribution is 7.99. The van der Waals surface area contributed by atoms with Crippen LogP contribution in [0.4, 0.5) is 5.69 Å². The van der Waals surface area contributed by atoms with Gasteiger partial charge in [0, 0.05) is 29.5 Å². The van der Waals surface area contributed by atoms with Gasteiger partial charge in [-0.25, -0.2) is 13.6 Å². The molecule has 0 saturated carbocycles. The summed E-state index contributed by atoms with van der Waals surface area (Å²) < 4.78 is 30.1. The van der Waals surface area contributed by atoms with E-state index in [0.717, 1.165) is 24.6 Å². The maximum Gasteiger partial charge on any atom is 0.238 e. The SMILES string of the molecule is NS(=O)(=O)c1ccc(NC(=O)CSc2nnc(CN3CCOCC3)n2-c2ccc(Cl)cc2)cc1. The average molecular weight is 523 g/mol. The van der Waals surface area contributed by atoms with Crippen LogP contribution in [-0.4, -0.2) is 66.0 Å². The lowest BCUT2D eigenvalue weighted by molar-refractivity contribution is -0.113. The largest absolute Gasteiger partial charge is 0.379 e. The van der Waals surface area contributed by atoms with Gasteiger partial charge in [-0.15, -0.1) is 10.2 Å². The number of nitrogens with one attached hydrogen (secondary N) is 1. The van der Waals surface area contributed by atoms with Gasteiger partial charge in [0.2, 0.25) is 15.9 Å². The van der Waals surface area contributed by atoms with Gasteiger partial charge in [-0.1, -0.05) is 23.4 Å². The van der Waals surface area contributed by atoms with E-state index in [1.54, 1.807) is 12.1 Å². The Morgan fingerprint density at radius 3 is 2.41 bits per heavy atom. The van der Waals surface area contributed by atoms with Crippen molar-refractivity contribution in [1.82, 2.24) is 19.7 Å². The van der Waals surface area contributed by atoms with Gasteiger partial charge in [0.25, 0.3) is 0 Å². The number of anilines is 1. The second-order valence-electron chi connectivity index (χ2n) is 7.51. The van der Waals surface area contributed by atoms with Crippen molar-refractivity contribution >= 4 is 45.0 Å². The molecule has 34 heavy (non-hydrogen) atoms. The van der Waals surface area contributed by atoms with Crippen molar-refractivity contribution in [1.29, 1.82) is 0 Å². The van der Waals surface area contributed by atoms with Gasteiger partial charge >= 0.3 is 0 Å². The van der Waals surface area contributed by atoms with Gasteiger partial charge in [0.15, 0.2) is 11.0 Å². The summed E-state index contributed by atoms with van der Waals surface area (Å²) in [7, 11) is -3.79. The molecule has 13 heteroatoms. The van der Waals surface area contributed by atoms with E-state index in [4.69, 9.17) is 21.5 Å². The van der Waals surface area contributed by atoms with E-state index in [1.807, 2.05) is 16.7 Å². The highest BCUT2D eigenvalue weighted by atomic mass is 35.5. The third-order valence-corrected chi connectivity index (χ3v) is 7.16. The summed E-state index contributed by atoms with van der Waals surface area (Å²) in [5.74, 6) is 0.569. The van der Waals surface area contributed by atoms with Crippen molar-refractivity contribution < 1.29 is 17.9 Å². The Labute approximate surface area is 206 Å². The highest BCUT2D eigenvalue weighted by Gasteiger charge is 2.20. The Morgan fingerprint density at radius 2 is 1.76 bits per heavy atom. The number of nitrogens with zero attached hydrogens (tertiary/aromatic N) is 4. The molecular formula is C21H23ClN6O4S2. The summed E-state index contributed by atoms with van der Waals surface area (Å²) in [5.41, 5.74) is 1.31. The van der Waals surface area contributed by atoms with Gasteiger partial charge in [-0.3, -0.25) is 14.3 Å². The number of sulfonamides is 1. The second-order valence-corrected chi connectivity index (χ2v) is 10.4. The topological polar surface area (TPSA) is 132 Å². The number of ether oxygens (including phenoxy) is 1. The molecule has 0 spiro atoms. The Morgan fingerprint density at radius 1 is 1.09 bits per heavy atom. The standard InChI is InChI=1S/C21H23ClN6O4S2/c22-15-1-5-17(6-2-15)28-19(13-27-9-11-32-12-10-27)25-26-21(28)33-14-20(29)24-16-3-7-18(8-4-16)34(23,30)31/h1-8H,9-14H2,(H,24,29)(H2,23,30,31). The molecule has 3 aromatic rings. The van der Waals surface area contributed by atoms with E-state index < -0.39 is 10.0 Å². The summed E-state index contributed by atoms with van der Waals surface area (Å²) >= 11 is 7.31. The van der Waals surface area contributed by atoms with E-state index in [1.165, 1.54) is 36.0 Å². The van der Waals surface area contributed by atoms with Crippen molar-refractivity contribution in [2.45, 2.75) is 16.6 Å². The van der Waals surface area contributed by atoms with Crippen molar-refractivity contribution in [2.75, 3.05) is 37.4 Å². The molecular weight excluding hydrogens is 500 g/mol. The maximum absolute atomic E-state index is 12.5. The Kier molecular flexibility index (Phi) is 7.86. The Bertz CT molecular complexity index is 1240. The highest BCUT2D eigenvalue weighted by Crippen LogP contribution is 2.24. The van der Waals surface area contributed by atoms with Gasteiger partial charge in [0.05, 0.1) is 30.4 Å². The molecule has 1 aromatic heterocycles. The first kappa shape index (κ1) is 24.6. The van der Waals surface area contributed by atoms with Crippen LogP contribution in [0.25, 0.3) is 5.69 Å². The molecule has 0 unspecified atom stereocenters. The molecule has 0 atom stereocenters. The van der Waals surface area contributed by atoms with E-state index in [0.29, 0.717) is 35.6 Å². The van der Waals surface area contributed by atoms with Crippen LogP contribution < -0.4 is 10.5 Å². The molecule has 10 nitrogen and oxygen atoms in total. The van der Waals surface area contributed by atoms with Gasteiger partial charge in [-0.05, 0) is 48.5 Å². The lowest BCUT2D eigenvalue weighted by atomic mass is 10.3. The minimum atomic E-state index is -3.79. The molecule has 3 N–H and O–H groups in total. The number of aromatic nitrogens is 3. The number of hydrogen-bond acceptors (Lipinski definition) is 8. The van der Waals surface area contributed by atoms with Crippen LogP contribution in [-0.2, 0) is 26.1 Å². The van der Waals surface area contributed by atoms with E-state index in [9.17, 15) is 13.2 Å². The van der Waals surface area contributed by atoms with Crippen LogP contribution in [0.3, 0.4) is 0 Å². The number of benzene rings is 2. The predicted octanol–water partition coefficient (Wildman–Crippen LogP) is 2.13. The van der Waals surface area contributed by atoms with Crippen molar-refractivity contribution in [3.05, 3.63) is 59.4 Å². The van der Waals surface area contributed by atoms with Crippen LogP contribution in [0.5, 0.6) is 0 Å². The molecule has 1 saturated heterocycles. The molecule has 1 aliphatic heterocycles. The van der Waals surface area contributed by atoms with Gasteiger partial charge in [0.1, 0.15) is 0 Å². The molecule has 1 amide bonds. The van der Waals surface area contributed by atoms with E-state index in [-0.39, 0.29) is 16.6 Å². The van der Waals surface area contributed by atoms with Gasteiger partial charge in [-0.2, -0.15) is 0 Å². The van der Waals surface area contributed by atoms with Crippen LogP contribution in [0.2, 0.25) is 5.02 Å². The van der Waals surface area contributed by atoms with Gasteiger partial charge < -0.3 is 10.1 Å². The first-order valence-electron chi connectivity index (χ1n) is 10.4. The molecule has 1 aliphatic rings. The summed E-state index contributed by atoms with van der Waals surface area (Å²) in [6.07, 6.45) is 0. The van der Waals surface area contributed by atoms with Crippen molar-refractivity contribution in [3.8, 4) is 5.69 Å². The number of morpholine rings is 1. The number of carbonyl (C=O) groups is 1. The fraction of sp³-hybridized carbons (Fsp3) is 0.286. The van der Waals surface area contributed by atoms with E-state index in [2.05, 4.69) is 20.4 Å². The van der Waals surface area contributed by atoms with Crippen LogP contribution in [0.1, 0.15) is 5.82 Å². The number of primary sulfonamides is 1. The molecule has 0 bridgehead atoms. The number of halogens is 1. The lowest BCUT2D eigenvalue weighted by Crippen LogP contribution is -2.36. The maximum atomic E-state index is 12.5. The monoisotopic (exact) mass is 522 g/mol. The molecule has 1 fully saturated rings. The zero-order valence-corrected chi connectivity index (χ0v) is 20.4. The molecule has 0 aliphatic carbocycles. The first-order chi connectivity index (χ1) is 16.3. The average Bonchev–Trinajstić information content (AvgIpc) is 3.21. The van der Waals surface area contributed by atoms with Crippen molar-refractivity contribution in [3.63, 3.8) is 0 Å². The second kappa shape index (κ2) is 10.8. The molecule has 180 valence electrons. The normalized spacial score (nSPS) is 14.8. The molecule has 4 rings (SSSR count). The third kappa shape index (κ3) is 6.34. The summed E-state index contributed by atoms with van der Waals surface area (Å²) in [4.78, 5) is 14.7. The van der Waals surface area contributed by atoms with Crippen LogP contribution in [0.15, 0.2) is 58.6 Å². The quantitative estimate of drug-likeness (QED) is 0.430. The number of thioether (sulfide) groups is 1. The molecule has 2 aromatic carbocycles. The summed E-state index contributed by atoms with van der Waals surface area (Å²) in [5, 5.41) is 17.7. The first-order valence-corrected chi connectivity index (χ1v) is 13.3. The third-order valence-electron chi connectivity index (χ3n) is 5.05. The summed E-state index contributed by atoms with van der Waals surface area (Å²) in [6, 6.07) is 13.0. The Balaban J connectivity index is 1.47. The summed E-state index contributed by atoms with van der Waals surface area (Å²) in [6.45, 7) is 3.57. The number of nitrogens with two attached hydrogens (primary N) is 1. The zero-order valence-electron chi connectivity index (χ0n) is 18.1. The number of amides is 1. The number of hydrogen-bond donors (Lipinski definition) is 2. The fourth-order valence-corrected chi connectivity index (χ4v) is 4.77. The molecule has 0 radical (unpaired) electrons. The minimum Gasteiger partial charge on any atom is -0.379 e. The predicted molar refractivity (Wildman–Crippen MR) is 130 cm³/mol. The minimum absolute atomic E-state index is 0.0243. The smallest absolute Gasteiger partial charge is 0.238 e. The van der Waals surface area contributed by atoms with Crippen LogP contribution in [0, 0.1) is 0 Å². The van der Waals surface area contributed by atoms with E-state index >= 15 is 0 Å². The Hall–Kier alpha value is -2.48. The zero-order chi connectivity index (χ0) is 24.1. The van der Waals surface area contributed by atoms with Crippen LogP contribution >= 0.6 is 23.4 Å². The number of carbonyl (C=O) groups excluding carboxylic acids is 1. The van der Waals surface area contributed by atoms with Crippen molar-refractivity contribution in [2.24, 2.45) is 5.14 Å². The molecule has 2 heterocycles. The number of rotatable bonds is 8. The fourth-order valence-electron chi connectivity index (χ4n) is 3.36.